The fourth-order valence-electron chi connectivity index (χ4n) is 2.74. The highest BCUT2D eigenvalue weighted by Gasteiger charge is 2.31. The second-order valence-corrected chi connectivity index (χ2v) is 6.26. The number of hydrogen-bond acceptors (Lipinski definition) is 4. The number of fused-ring (bicyclic) bond motifs is 1. The summed E-state index contributed by atoms with van der Waals surface area (Å²) in [4.78, 5) is 13.9. The van der Waals surface area contributed by atoms with Gasteiger partial charge in [0.25, 0.3) is 5.91 Å². The van der Waals surface area contributed by atoms with Crippen LogP contribution in [0.1, 0.15) is 25.2 Å². The van der Waals surface area contributed by atoms with Crippen LogP contribution in [0.4, 0.5) is 8.78 Å². The molecule has 5 nitrogen and oxygen atoms in total. The Morgan fingerprint density at radius 2 is 2.08 bits per heavy atom. The van der Waals surface area contributed by atoms with Gasteiger partial charge in [-0.05, 0) is 24.1 Å². The van der Waals surface area contributed by atoms with E-state index in [1.165, 1.54) is 11.0 Å². The van der Waals surface area contributed by atoms with Crippen LogP contribution in [0, 0.1) is 17.6 Å². The van der Waals surface area contributed by atoms with E-state index in [0.717, 1.165) is 12.1 Å². The number of hydrogen-bond donors (Lipinski definition) is 1. The predicted octanol–water partition coefficient (Wildman–Crippen LogP) is 2.52. The van der Waals surface area contributed by atoms with Crippen LogP contribution in [0.3, 0.4) is 0 Å². The van der Waals surface area contributed by atoms with Crippen molar-refractivity contribution in [3.05, 3.63) is 41.2 Å². The van der Waals surface area contributed by atoms with Crippen LogP contribution < -0.4 is 0 Å². The Morgan fingerprint density at radius 3 is 2.75 bits per heavy atom. The van der Waals surface area contributed by atoms with E-state index in [0.29, 0.717) is 35.5 Å². The van der Waals surface area contributed by atoms with Gasteiger partial charge in [-0.1, -0.05) is 19.0 Å². The van der Waals surface area contributed by atoms with Crippen molar-refractivity contribution in [2.45, 2.75) is 32.9 Å². The molecule has 24 heavy (non-hydrogen) atoms. The minimum Gasteiger partial charge on any atom is -0.383 e. The van der Waals surface area contributed by atoms with Gasteiger partial charge in [-0.25, -0.2) is 8.78 Å². The Hall–Kier alpha value is -2.28. The van der Waals surface area contributed by atoms with E-state index in [4.69, 9.17) is 4.52 Å². The van der Waals surface area contributed by atoms with E-state index in [1.807, 2.05) is 0 Å². The van der Waals surface area contributed by atoms with Gasteiger partial charge in [0, 0.05) is 24.1 Å². The van der Waals surface area contributed by atoms with E-state index < -0.39 is 17.7 Å². The van der Waals surface area contributed by atoms with E-state index in [9.17, 15) is 18.7 Å². The average Bonchev–Trinajstić information content (AvgIpc) is 2.99. The van der Waals surface area contributed by atoms with Crippen molar-refractivity contribution < 1.29 is 23.2 Å². The van der Waals surface area contributed by atoms with Crippen molar-refractivity contribution >= 4 is 5.91 Å². The van der Waals surface area contributed by atoms with Gasteiger partial charge in [0.1, 0.15) is 17.6 Å². The Balaban J connectivity index is 1.90. The standard InChI is InChI=1S/C17H18F2N2O3/c1-9(2)16(22)17(23)21-6-5-14-11(8-21)15(20-24-14)10-3-4-12(18)13(19)7-10/h3-4,7,9,16,22H,5-6,8H2,1-2H3/t16-/m1/s1. The van der Waals surface area contributed by atoms with Crippen LogP contribution in [-0.2, 0) is 17.8 Å². The largest absolute Gasteiger partial charge is 0.383 e. The van der Waals surface area contributed by atoms with E-state index in [-0.39, 0.29) is 18.4 Å². The Bertz CT molecular complexity index is 773. The molecule has 2 aromatic rings. The van der Waals surface area contributed by atoms with Crippen LogP contribution in [0.15, 0.2) is 22.7 Å². The highest BCUT2D eigenvalue weighted by atomic mass is 19.2. The van der Waals surface area contributed by atoms with Crippen molar-refractivity contribution in [2.24, 2.45) is 5.92 Å². The van der Waals surface area contributed by atoms with Gasteiger partial charge < -0.3 is 14.5 Å². The number of carbonyl (C=O) groups is 1. The molecular weight excluding hydrogens is 318 g/mol. The number of aromatic nitrogens is 1. The molecule has 0 radical (unpaired) electrons. The first-order valence-electron chi connectivity index (χ1n) is 7.78. The maximum Gasteiger partial charge on any atom is 0.251 e. The molecule has 1 N–H and O–H groups in total. The molecule has 0 spiro atoms. The number of rotatable bonds is 3. The van der Waals surface area contributed by atoms with Crippen LogP contribution in [0.5, 0.6) is 0 Å². The predicted molar refractivity (Wildman–Crippen MR) is 81.8 cm³/mol. The first kappa shape index (κ1) is 16.6. The highest BCUT2D eigenvalue weighted by molar-refractivity contribution is 5.81. The van der Waals surface area contributed by atoms with Gasteiger partial charge in [0.05, 0.1) is 6.54 Å². The monoisotopic (exact) mass is 336 g/mol. The summed E-state index contributed by atoms with van der Waals surface area (Å²) >= 11 is 0. The fraction of sp³-hybridized carbons (Fsp3) is 0.412. The molecular formula is C17H18F2N2O3. The van der Waals surface area contributed by atoms with E-state index >= 15 is 0 Å². The molecule has 0 bridgehead atoms. The minimum absolute atomic E-state index is 0.188. The zero-order valence-electron chi connectivity index (χ0n) is 13.4. The summed E-state index contributed by atoms with van der Waals surface area (Å²) in [6.07, 6.45) is -0.610. The summed E-state index contributed by atoms with van der Waals surface area (Å²) in [7, 11) is 0. The van der Waals surface area contributed by atoms with Crippen molar-refractivity contribution in [2.75, 3.05) is 6.54 Å². The molecule has 1 amide bonds. The number of aliphatic hydroxyl groups excluding tert-OH is 1. The summed E-state index contributed by atoms with van der Waals surface area (Å²) in [5, 5.41) is 13.9. The molecule has 0 saturated heterocycles. The quantitative estimate of drug-likeness (QED) is 0.935. The zero-order chi connectivity index (χ0) is 17.4. The normalized spacial score (nSPS) is 15.5. The first-order valence-corrected chi connectivity index (χ1v) is 7.78. The fourth-order valence-corrected chi connectivity index (χ4v) is 2.74. The first-order chi connectivity index (χ1) is 11.4. The van der Waals surface area contributed by atoms with Gasteiger partial charge in [0.2, 0.25) is 0 Å². The number of nitrogens with zero attached hydrogens (tertiary/aromatic N) is 2. The third kappa shape index (κ3) is 2.91. The summed E-state index contributed by atoms with van der Waals surface area (Å²) in [5.41, 5.74) is 1.44. The summed E-state index contributed by atoms with van der Waals surface area (Å²) in [6.45, 7) is 4.17. The molecule has 1 aromatic carbocycles. The summed E-state index contributed by atoms with van der Waals surface area (Å²) in [6, 6.07) is 3.50. The maximum absolute atomic E-state index is 13.5. The molecule has 1 aromatic heterocycles. The van der Waals surface area contributed by atoms with Crippen LogP contribution in [0.25, 0.3) is 11.3 Å². The Kier molecular flexibility index (Phi) is 4.36. The highest BCUT2D eigenvalue weighted by Crippen LogP contribution is 2.31. The van der Waals surface area contributed by atoms with Crippen LogP contribution in [-0.4, -0.2) is 33.7 Å². The maximum atomic E-state index is 13.5. The van der Waals surface area contributed by atoms with Gasteiger partial charge >= 0.3 is 0 Å². The van der Waals surface area contributed by atoms with Crippen molar-refractivity contribution in [3.8, 4) is 11.3 Å². The molecule has 0 unspecified atom stereocenters. The second kappa shape index (κ2) is 6.32. The van der Waals surface area contributed by atoms with Gasteiger partial charge in [-0.2, -0.15) is 0 Å². The molecule has 0 aliphatic carbocycles. The lowest BCUT2D eigenvalue weighted by atomic mass is 9.99. The molecule has 1 aliphatic heterocycles. The Morgan fingerprint density at radius 1 is 1.33 bits per heavy atom. The molecule has 128 valence electrons. The SMILES string of the molecule is CC(C)[C@@H](O)C(=O)N1CCc2onc(-c3ccc(F)c(F)c3)c2C1. The van der Waals surface area contributed by atoms with Crippen LogP contribution in [0.2, 0.25) is 0 Å². The number of aliphatic hydroxyl groups is 1. The van der Waals surface area contributed by atoms with Crippen molar-refractivity contribution in [3.63, 3.8) is 0 Å². The van der Waals surface area contributed by atoms with Gasteiger partial charge in [-0.15, -0.1) is 0 Å². The van der Waals surface area contributed by atoms with Crippen LogP contribution >= 0.6 is 0 Å². The zero-order valence-corrected chi connectivity index (χ0v) is 13.4. The molecule has 1 aliphatic rings. The van der Waals surface area contributed by atoms with Crippen molar-refractivity contribution in [1.82, 2.24) is 10.1 Å². The molecule has 3 rings (SSSR count). The lowest BCUT2D eigenvalue weighted by Crippen LogP contribution is -2.43. The number of halogens is 2. The Labute approximate surface area is 137 Å². The molecule has 1 atom stereocenters. The van der Waals surface area contributed by atoms with E-state index in [1.54, 1.807) is 13.8 Å². The average molecular weight is 336 g/mol. The van der Waals surface area contributed by atoms with E-state index in [2.05, 4.69) is 5.16 Å². The summed E-state index contributed by atoms with van der Waals surface area (Å²) < 4.78 is 31.9. The van der Waals surface area contributed by atoms with Crippen molar-refractivity contribution in [1.29, 1.82) is 0 Å². The number of amides is 1. The molecule has 7 heteroatoms. The second-order valence-electron chi connectivity index (χ2n) is 6.26. The minimum atomic E-state index is -1.07. The molecule has 2 heterocycles. The summed E-state index contributed by atoms with van der Waals surface area (Å²) in [5.74, 6) is -1.82. The van der Waals surface area contributed by atoms with Gasteiger partial charge in [0.15, 0.2) is 11.6 Å². The third-order valence-electron chi connectivity index (χ3n) is 4.22. The number of carbonyl (C=O) groups excluding carboxylic acids is 1. The topological polar surface area (TPSA) is 66.6 Å². The van der Waals surface area contributed by atoms with Gasteiger partial charge in [-0.3, -0.25) is 4.79 Å². The molecule has 0 fully saturated rings. The molecule has 0 saturated carbocycles. The number of benzene rings is 1. The lowest BCUT2D eigenvalue weighted by molar-refractivity contribution is -0.143. The smallest absolute Gasteiger partial charge is 0.251 e. The lowest BCUT2D eigenvalue weighted by Gasteiger charge is -2.29. The third-order valence-corrected chi connectivity index (χ3v) is 4.22.